The van der Waals surface area contributed by atoms with Gasteiger partial charge in [-0.25, -0.2) is 17.5 Å². The molecule has 0 fully saturated rings. The summed E-state index contributed by atoms with van der Waals surface area (Å²) in [4.78, 5) is 22.7. The Morgan fingerprint density at radius 2 is 2.10 bits per heavy atom. The third-order valence-corrected chi connectivity index (χ3v) is 5.50. The summed E-state index contributed by atoms with van der Waals surface area (Å²) in [5.41, 5.74) is 0. The molecule has 0 radical (unpaired) electrons. The molecule has 1 atom stereocenters. The van der Waals surface area contributed by atoms with Crippen molar-refractivity contribution >= 4 is 33.2 Å². The minimum Gasteiger partial charge on any atom is -0.479 e. The van der Waals surface area contributed by atoms with E-state index in [4.69, 9.17) is 5.11 Å². The van der Waals surface area contributed by atoms with Crippen molar-refractivity contribution in [2.75, 3.05) is 27.7 Å². The number of nitrogens with one attached hydrogen (secondary N) is 1. The second-order valence-electron chi connectivity index (χ2n) is 4.17. The molecule has 0 saturated carbocycles. The smallest absolute Gasteiger partial charge is 0.334 e. The van der Waals surface area contributed by atoms with Crippen molar-refractivity contribution in [3.8, 4) is 0 Å². The van der Waals surface area contributed by atoms with Gasteiger partial charge in [-0.15, -0.1) is 11.3 Å². The van der Waals surface area contributed by atoms with Crippen LogP contribution in [0.25, 0.3) is 0 Å². The molecule has 1 heterocycles. The molecule has 2 N–H and O–H groups in total. The molecule has 8 nitrogen and oxygen atoms in total. The molecule has 1 unspecified atom stereocenters. The van der Waals surface area contributed by atoms with Gasteiger partial charge in [0.1, 0.15) is 9.77 Å². The Morgan fingerprint density at radius 3 is 2.57 bits per heavy atom. The predicted octanol–water partition coefficient (Wildman–Crippen LogP) is -0.172. The van der Waals surface area contributed by atoms with E-state index in [1.165, 1.54) is 32.7 Å². The third kappa shape index (κ3) is 4.00. The van der Waals surface area contributed by atoms with E-state index in [9.17, 15) is 18.0 Å². The summed E-state index contributed by atoms with van der Waals surface area (Å²) in [6.45, 7) is -0.260. The summed E-state index contributed by atoms with van der Waals surface area (Å²) in [6, 6.07) is 1.33. The standard InChI is InChI=1S/C11H16N2O6S2/c1-13(2)21(17,18)8-4-5-20-9(8)10(14)12-6-7(19-3)11(15)16/h4-5,7H,6H2,1-3H3,(H,12,14)(H,15,16). The molecule has 1 aromatic rings. The SMILES string of the molecule is COC(CNC(=O)c1sccc1S(=O)(=O)N(C)C)C(=O)O. The first kappa shape index (κ1) is 17.6. The largest absolute Gasteiger partial charge is 0.479 e. The summed E-state index contributed by atoms with van der Waals surface area (Å²) < 4.78 is 29.8. The number of carboxylic acid groups (broad SMARTS) is 1. The summed E-state index contributed by atoms with van der Waals surface area (Å²) >= 11 is 0.963. The van der Waals surface area contributed by atoms with Gasteiger partial charge in [-0.2, -0.15) is 0 Å². The Labute approximate surface area is 126 Å². The van der Waals surface area contributed by atoms with E-state index in [0.717, 1.165) is 15.6 Å². The topological polar surface area (TPSA) is 113 Å². The molecule has 1 amide bonds. The number of nitrogens with zero attached hydrogens (tertiary/aromatic N) is 1. The van der Waals surface area contributed by atoms with Gasteiger partial charge in [0.25, 0.3) is 5.91 Å². The molecule has 0 aliphatic rings. The fourth-order valence-electron chi connectivity index (χ4n) is 1.40. The van der Waals surface area contributed by atoms with E-state index in [1.54, 1.807) is 0 Å². The van der Waals surface area contributed by atoms with Gasteiger partial charge < -0.3 is 15.2 Å². The monoisotopic (exact) mass is 336 g/mol. The minimum atomic E-state index is -3.73. The Kier molecular flexibility index (Phi) is 5.84. The second-order valence-corrected chi connectivity index (χ2v) is 7.21. The van der Waals surface area contributed by atoms with Crippen LogP contribution >= 0.6 is 11.3 Å². The van der Waals surface area contributed by atoms with Crippen LogP contribution in [0.1, 0.15) is 9.67 Å². The fourth-order valence-corrected chi connectivity index (χ4v) is 3.61. The lowest BCUT2D eigenvalue weighted by Gasteiger charge is -2.13. The van der Waals surface area contributed by atoms with E-state index in [0.29, 0.717) is 0 Å². The van der Waals surface area contributed by atoms with E-state index in [1.807, 2.05) is 0 Å². The highest BCUT2D eigenvalue weighted by Gasteiger charge is 2.26. The minimum absolute atomic E-state index is 0.00365. The quantitative estimate of drug-likeness (QED) is 0.715. The summed E-state index contributed by atoms with van der Waals surface area (Å²) in [6.07, 6.45) is -1.19. The van der Waals surface area contributed by atoms with Crippen molar-refractivity contribution in [3.05, 3.63) is 16.3 Å². The maximum Gasteiger partial charge on any atom is 0.334 e. The molecule has 0 aliphatic heterocycles. The number of ether oxygens (including phenoxy) is 1. The van der Waals surface area contributed by atoms with Crippen LogP contribution in [0.2, 0.25) is 0 Å². The number of carbonyl (C=O) groups is 2. The van der Waals surface area contributed by atoms with Crippen LogP contribution < -0.4 is 5.32 Å². The summed E-state index contributed by atoms with van der Waals surface area (Å²) in [7, 11) is 0.194. The lowest BCUT2D eigenvalue weighted by atomic mass is 10.3. The number of aliphatic carboxylic acids is 1. The molecule has 118 valence electrons. The number of amides is 1. The van der Waals surface area contributed by atoms with Crippen molar-refractivity contribution in [2.24, 2.45) is 0 Å². The van der Waals surface area contributed by atoms with Crippen LogP contribution in [0.3, 0.4) is 0 Å². The second kappa shape index (κ2) is 6.98. The van der Waals surface area contributed by atoms with Crippen LogP contribution in [-0.4, -0.2) is 63.6 Å². The van der Waals surface area contributed by atoms with Gasteiger partial charge in [-0.3, -0.25) is 4.79 Å². The molecular weight excluding hydrogens is 320 g/mol. The zero-order valence-corrected chi connectivity index (χ0v) is 13.3. The van der Waals surface area contributed by atoms with Gasteiger partial charge >= 0.3 is 5.97 Å². The van der Waals surface area contributed by atoms with Crippen LogP contribution in [0.15, 0.2) is 16.3 Å². The Morgan fingerprint density at radius 1 is 1.48 bits per heavy atom. The van der Waals surface area contributed by atoms with Crippen molar-refractivity contribution in [1.82, 2.24) is 9.62 Å². The average molecular weight is 336 g/mol. The Balaban J connectivity index is 2.91. The molecular formula is C11H16N2O6S2. The highest BCUT2D eigenvalue weighted by molar-refractivity contribution is 7.89. The molecule has 0 aromatic carbocycles. The molecule has 0 saturated heterocycles. The first-order valence-electron chi connectivity index (χ1n) is 5.75. The summed E-state index contributed by atoms with van der Waals surface area (Å²) in [5.74, 6) is -1.88. The van der Waals surface area contributed by atoms with E-state index in [-0.39, 0.29) is 16.3 Å². The van der Waals surface area contributed by atoms with Gasteiger partial charge in [0.2, 0.25) is 10.0 Å². The number of rotatable bonds is 7. The van der Waals surface area contributed by atoms with E-state index >= 15 is 0 Å². The average Bonchev–Trinajstić information content (AvgIpc) is 2.88. The van der Waals surface area contributed by atoms with Crippen molar-refractivity contribution < 1.29 is 27.9 Å². The highest BCUT2D eigenvalue weighted by atomic mass is 32.2. The summed E-state index contributed by atoms with van der Waals surface area (Å²) in [5, 5.41) is 12.6. The lowest BCUT2D eigenvalue weighted by Crippen LogP contribution is -2.38. The number of carboxylic acids is 1. The molecule has 1 aromatic heterocycles. The van der Waals surface area contributed by atoms with Crippen LogP contribution in [0, 0.1) is 0 Å². The Hall–Kier alpha value is -1.49. The van der Waals surface area contributed by atoms with Crippen molar-refractivity contribution in [2.45, 2.75) is 11.0 Å². The number of hydrogen-bond acceptors (Lipinski definition) is 6. The zero-order chi connectivity index (χ0) is 16.2. The fraction of sp³-hybridized carbons (Fsp3) is 0.455. The number of sulfonamides is 1. The van der Waals surface area contributed by atoms with Crippen LogP contribution in [-0.2, 0) is 19.6 Å². The highest BCUT2D eigenvalue weighted by Crippen LogP contribution is 2.23. The molecule has 21 heavy (non-hydrogen) atoms. The number of methoxy groups -OCH3 is 1. The lowest BCUT2D eigenvalue weighted by molar-refractivity contribution is -0.148. The van der Waals surface area contributed by atoms with Gasteiger partial charge in [0.15, 0.2) is 6.10 Å². The van der Waals surface area contributed by atoms with Crippen LogP contribution in [0.4, 0.5) is 0 Å². The van der Waals surface area contributed by atoms with Crippen molar-refractivity contribution in [1.29, 1.82) is 0 Å². The Bertz CT molecular complexity index is 622. The number of hydrogen-bond donors (Lipinski definition) is 2. The van der Waals surface area contributed by atoms with Gasteiger partial charge in [-0.1, -0.05) is 0 Å². The van der Waals surface area contributed by atoms with E-state index in [2.05, 4.69) is 10.1 Å². The normalized spacial score (nSPS) is 13.1. The maximum atomic E-state index is 12.1. The van der Waals surface area contributed by atoms with Crippen LogP contribution in [0.5, 0.6) is 0 Å². The maximum absolute atomic E-state index is 12.1. The number of carbonyl (C=O) groups excluding carboxylic acids is 1. The predicted molar refractivity (Wildman–Crippen MR) is 76.0 cm³/mol. The van der Waals surface area contributed by atoms with Crippen molar-refractivity contribution in [3.63, 3.8) is 0 Å². The number of thiophene rings is 1. The van der Waals surface area contributed by atoms with Gasteiger partial charge in [0, 0.05) is 21.2 Å². The van der Waals surface area contributed by atoms with Gasteiger partial charge in [-0.05, 0) is 11.4 Å². The zero-order valence-electron chi connectivity index (χ0n) is 11.7. The molecule has 10 heteroatoms. The molecule has 1 rings (SSSR count). The molecule has 0 bridgehead atoms. The molecule has 0 aliphatic carbocycles. The first-order chi connectivity index (χ1) is 9.71. The first-order valence-corrected chi connectivity index (χ1v) is 8.07. The molecule has 0 spiro atoms. The van der Waals surface area contributed by atoms with Gasteiger partial charge in [0.05, 0.1) is 6.54 Å². The third-order valence-electron chi connectivity index (χ3n) is 2.60. The van der Waals surface area contributed by atoms with E-state index < -0.39 is 28.0 Å².